The minimum Gasteiger partial charge on any atom is -0.503 e. The number of benzene rings is 1. The van der Waals surface area contributed by atoms with Crippen LogP contribution in [-0.4, -0.2) is 59.1 Å². The van der Waals surface area contributed by atoms with Gasteiger partial charge in [0.15, 0.2) is 23.0 Å². The van der Waals surface area contributed by atoms with Crippen LogP contribution in [0, 0.1) is 0 Å². The van der Waals surface area contributed by atoms with E-state index in [2.05, 4.69) is 4.98 Å². The number of nitrogens with zero attached hydrogens (tertiary/aromatic N) is 3. The number of Topliss-reactive ketones (excluding diaryl/α,β-unsaturated/α-hetero) is 1. The van der Waals surface area contributed by atoms with Crippen molar-refractivity contribution >= 4 is 11.7 Å². The summed E-state index contributed by atoms with van der Waals surface area (Å²) in [4.78, 5) is 31.9. The Kier molecular flexibility index (Phi) is 6.58. The molecule has 3 aromatic rings. The third-order valence-electron chi connectivity index (χ3n) is 5.67. The number of amides is 1. The summed E-state index contributed by atoms with van der Waals surface area (Å²) < 4.78 is 23.5. The minimum atomic E-state index is -0.887. The summed E-state index contributed by atoms with van der Waals surface area (Å²) in [6.45, 7) is 0.880. The van der Waals surface area contributed by atoms with Crippen molar-refractivity contribution < 1.29 is 33.3 Å². The number of imidazole rings is 1. The summed E-state index contributed by atoms with van der Waals surface area (Å²) in [7, 11) is 4.44. The molecule has 0 bridgehead atoms. The molecule has 1 N–H and O–H groups in total. The molecule has 178 valence electrons. The summed E-state index contributed by atoms with van der Waals surface area (Å²) in [6, 6.07) is 5.49. The first kappa shape index (κ1) is 23.0. The van der Waals surface area contributed by atoms with E-state index in [0.29, 0.717) is 35.8 Å². The number of ether oxygens (including phenoxy) is 3. The molecule has 0 spiro atoms. The van der Waals surface area contributed by atoms with Gasteiger partial charge in [0.2, 0.25) is 11.5 Å². The highest BCUT2D eigenvalue weighted by molar-refractivity contribution is 6.15. The average molecular weight is 467 g/mol. The van der Waals surface area contributed by atoms with Gasteiger partial charge in [0, 0.05) is 25.5 Å². The van der Waals surface area contributed by atoms with E-state index < -0.39 is 23.5 Å². The lowest BCUT2D eigenvalue weighted by atomic mass is 9.94. The van der Waals surface area contributed by atoms with Crippen LogP contribution >= 0.6 is 0 Å². The fraction of sp³-hybridized carbons (Fsp3) is 0.292. The van der Waals surface area contributed by atoms with Crippen LogP contribution in [0.5, 0.6) is 17.2 Å². The molecular weight excluding hydrogens is 442 g/mol. The van der Waals surface area contributed by atoms with Gasteiger partial charge in [-0.15, -0.1) is 0 Å². The Bertz CT molecular complexity index is 1170. The number of aliphatic hydroxyl groups excluding tert-OH is 1. The molecule has 1 amide bonds. The van der Waals surface area contributed by atoms with Crippen molar-refractivity contribution in [2.45, 2.75) is 19.0 Å². The van der Waals surface area contributed by atoms with Gasteiger partial charge in [0.1, 0.15) is 0 Å². The number of hydrogen-bond acceptors (Lipinski definition) is 8. The van der Waals surface area contributed by atoms with E-state index in [1.807, 2.05) is 10.8 Å². The highest BCUT2D eigenvalue weighted by Crippen LogP contribution is 2.45. The zero-order valence-corrected chi connectivity index (χ0v) is 19.1. The number of hydrogen-bond donors (Lipinski definition) is 1. The van der Waals surface area contributed by atoms with Crippen molar-refractivity contribution in [3.8, 4) is 17.2 Å². The lowest BCUT2D eigenvalue weighted by Gasteiger charge is -2.27. The molecule has 1 atom stereocenters. The number of furan rings is 1. The summed E-state index contributed by atoms with van der Waals surface area (Å²) in [5, 5.41) is 10.8. The van der Waals surface area contributed by atoms with Gasteiger partial charge in [0.05, 0.1) is 45.5 Å². The fourth-order valence-electron chi connectivity index (χ4n) is 4.11. The van der Waals surface area contributed by atoms with Gasteiger partial charge >= 0.3 is 0 Å². The quantitative estimate of drug-likeness (QED) is 0.452. The highest BCUT2D eigenvalue weighted by Gasteiger charge is 2.44. The molecule has 1 aliphatic rings. The first-order chi connectivity index (χ1) is 16.5. The van der Waals surface area contributed by atoms with Crippen LogP contribution in [0.2, 0.25) is 0 Å². The molecule has 10 heteroatoms. The lowest BCUT2D eigenvalue weighted by molar-refractivity contribution is -0.129. The molecule has 0 radical (unpaired) electrons. The van der Waals surface area contributed by atoms with Crippen molar-refractivity contribution in [2.24, 2.45) is 0 Å². The molecule has 0 saturated heterocycles. The molecule has 0 saturated carbocycles. The molecule has 2 aromatic heterocycles. The van der Waals surface area contributed by atoms with Crippen LogP contribution in [0.25, 0.3) is 0 Å². The molecule has 1 aliphatic heterocycles. The monoisotopic (exact) mass is 467 g/mol. The van der Waals surface area contributed by atoms with E-state index in [0.717, 1.165) is 0 Å². The summed E-state index contributed by atoms with van der Waals surface area (Å²) in [5.41, 5.74) is 0.446. The topological polar surface area (TPSA) is 116 Å². The molecule has 0 aliphatic carbocycles. The number of carbonyl (C=O) groups excluding carboxylic acids is 2. The van der Waals surface area contributed by atoms with Gasteiger partial charge in [-0.1, -0.05) is 0 Å². The molecule has 1 aromatic carbocycles. The average Bonchev–Trinajstić information content (AvgIpc) is 3.61. The molecule has 0 unspecified atom stereocenters. The second-order valence-electron chi connectivity index (χ2n) is 7.58. The maximum atomic E-state index is 13.3. The maximum Gasteiger partial charge on any atom is 0.290 e. The number of methoxy groups -OCH3 is 3. The first-order valence-corrected chi connectivity index (χ1v) is 10.6. The number of aliphatic hydroxyl groups is 1. The van der Waals surface area contributed by atoms with Gasteiger partial charge in [-0.05, 0) is 36.2 Å². The molecular formula is C24H25N3O7. The Balaban J connectivity index is 1.77. The molecule has 4 rings (SSSR count). The van der Waals surface area contributed by atoms with Crippen molar-refractivity contribution in [1.82, 2.24) is 14.5 Å². The Hall–Kier alpha value is -4.21. The third-order valence-corrected chi connectivity index (χ3v) is 5.67. The molecule has 0 fully saturated rings. The normalized spacial score (nSPS) is 15.7. The zero-order chi connectivity index (χ0) is 24.2. The van der Waals surface area contributed by atoms with Crippen molar-refractivity contribution in [3.63, 3.8) is 0 Å². The van der Waals surface area contributed by atoms with Gasteiger partial charge in [-0.2, -0.15) is 0 Å². The minimum absolute atomic E-state index is 0.0204. The van der Waals surface area contributed by atoms with E-state index in [4.69, 9.17) is 18.6 Å². The number of aryl methyl sites for hydroxylation is 1. The van der Waals surface area contributed by atoms with Crippen LogP contribution < -0.4 is 14.2 Å². The van der Waals surface area contributed by atoms with E-state index in [1.165, 1.54) is 38.6 Å². The van der Waals surface area contributed by atoms with E-state index in [-0.39, 0.29) is 17.9 Å². The predicted octanol–water partition coefficient (Wildman–Crippen LogP) is 3.17. The van der Waals surface area contributed by atoms with Crippen LogP contribution in [0.15, 0.2) is 65.0 Å². The zero-order valence-electron chi connectivity index (χ0n) is 19.1. The summed E-state index contributed by atoms with van der Waals surface area (Å²) in [6.07, 6.45) is 7.11. The Labute approximate surface area is 196 Å². The second-order valence-corrected chi connectivity index (χ2v) is 7.58. The van der Waals surface area contributed by atoms with E-state index >= 15 is 0 Å². The number of rotatable bonds is 10. The van der Waals surface area contributed by atoms with Gasteiger partial charge in [0.25, 0.3) is 5.91 Å². The highest BCUT2D eigenvalue weighted by atomic mass is 16.5. The third kappa shape index (κ3) is 4.09. The van der Waals surface area contributed by atoms with Crippen LogP contribution in [-0.2, 0) is 11.3 Å². The van der Waals surface area contributed by atoms with Crippen molar-refractivity contribution in [1.29, 1.82) is 0 Å². The smallest absolute Gasteiger partial charge is 0.290 e. The van der Waals surface area contributed by atoms with E-state index in [1.54, 1.807) is 30.7 Å². The van der Waals surface area contributed by atoms with Gasteiger partial charge in [-0.3, -0.25) is 9.59 Å². The Morgan fingerprint density at radius 2 is 1.88 bits per heavy atom. The molecule has 3 heterocycles. The van der Waals surface area contributed by atoms with Crippen LogP contribution in [0.3, 0.4) is 0 Å². The SMILES string of the molecule is COc1cc([C@H]2C(C(=O)c3ccco3)=C(O)C(=O)N2CCCn2ccnc2)cc(OC)c1OC. The Morgan fingerprint density at radius 1 is 1.15 bits per heavy atom. The number of carbonyl (C=O) groups is 2. The lowest BCUT2D eigenvalue weighted by Crippen LogP contribution is -2.32. The number of aromatic nitrogens is 2. The fourth-order valence-corrected chi connectivity index (χ4v) is 4.11. The maximum absolute atomic E-state index is 13.3. The summed E-state index contributed by atoms with van der Waals surface area (Å²) >= 11 is 0. The van der Waals surface area contributed by atoms with Crippen molar-refractivity contribution in [3.05, 3.63) is 71.9 Å². The van der Waals surface area contributed by atoms with Gasteiger partial charge < -0.3 is 33.2 Å². The standard InChI is InChI=1S/C24H25N3O7/c1-31-17-12-15(13-18(32-2)23(17)33-3)20-19(21(28)16-6-4-11-34-16)22(29)24(30)27(20)9-5-8-26-10-7-25-14-26/h4,6-7,10-14,20,29H,5,8-9H2,1-3H3/t20-/m0/s1. The van der Waals surface area contributed by atoms with Crippen LogP contribution in [0.4, 0.5) is 0 Å². The van der Waals surface area contributed by atoms with Gasteiger partial charge in [-0.25, -0.2) is 4.98 Å². The predicted molar refractivity (Wildman–Crippen MR) is 120 cm³/mol. The van der Waals surface area contributed by atoms with E-state index in [9.17, 15) is 14.7 Å². The Morgan fingerprint density at radius 3 is 2.44 bits per heavy atom. The first-order valence-electron chi connectivity index (χ1n) is 10.6. The van der Waals surface area contributed by atoms with Crippen LogP contribution in [0.1, 0.15) is 28.6 Å². The molecule has 10 nitrogen and oxygen atoms in total. The molecule has 34 heavy (non-hydrogen) atoms. The number of ketones is 1. The summed E-state index contributed by atoms with van der Waals surface area (Å²) in [5.74, 6) is -0.713. The largest absolute Gasteiger partial charge is 0.503 e. The van der Waals surface area contributed by atoms with Crippen molar-refractivity contribution in [2.75, 3.05) is 27.9 Å². The second kappa shape index (κ2) is 9.74.